The van der Waals surface area contributed by atoms with Crippen LogP contribution in [-0.2, 0) is 11.2 Å². The lowest BCUT2D eigenvalue weighted by Crippen LogP contribution is -2.44. The molecule has 1 heterocycles. The Kier molecular flexibility index (Phi) is 6.33. The monoisotopic (exact) mass is 347 g/mol. The molecule has 1 atom stereocenters. The highest BCUT2D eigenvalue weighted by molar-refractivity contribution is 7.98. The average molecular weight is 348 g/mol. The van der Waals surface area contributed by atoms with E-state index in [0.29, 0.717) is 0 Å². The molecule has 4 nitrogen and oxygen atoms in total. The molecule has 2 aromatic rings. The highest BCUT2D eigenvalue weighted by atomic mass is 32.2. The number of rotatable bonds is 7. The van der Waals surface area contributed by atoms with Crippen molar-refractivity contribution in [1.82, 2.24) is 14.9 Å². The van der Waals surface area contributed by atoms with Crippen LogP contribution in [0.15, 0.2) is 24.3 Å². The van der Waals surface area contributed by atoms with Crippen molar-refractivity contribution < 1.29 is 4.79 Å². The zero-order chi connectivity index (χ0) is 17.7. The van der Waals surface area contributed by atoms with Crippen molar-refractivity contribution in [2.75, 3.05) is 12.0 Å². The summed E-state index contributed by atoms with van der Waals surface area (Å²) < 4.78 is 2.16. The standard InChI is InChI=1S/C19H29N3OS/c1-6-9-17-20-14-10-7-8-11-15(14)22(17)16(12-13-24-5)18(23)21-19(2,3)4/h7-8,10-11,16H,6,9,12-13H2,1-5H3,(H,21,23). The Hall–Kier alpha value is -1.49. The first-order valence-electron chi connectivity index (χ1n) is 8.64. The molecule has 0 fully saturated rings. The van der Waals surface area contributed by atoms with Crippen molar-refractivity contribution in [3.8, 4) is 0 Å². The quantitative estimate of drug-likeness (QED) is 0.816. The van der Waals surface area contributed by atoms with Crippen LogP contribution in [0, 0.1) is 0 Å². The van der Waals surface area contributed by atoms with Crippen LogP contribution in [0.1, 0.15) is 52.4 Å². The van der Waals surface area contributed by atoms with Crippen LogP contribution in [0.3, 0.4) is 0 Å². The molecule has 0 aliphatic heterocycles. The molecule has 1 N–H and O–H groups in total. The van der Waals surface area contributed by atoms with Crippen LogP contribution >= 0.6 is 11.8 Å². The first-order valence-corrected chi connectivity index (χ1v) is 10.0. The Morgan fingerprint density at radius 3 is 2.67 bits per heavy atom. The van der Waals surface area contributed by atoms with Gasteiger partial charge in [0, 0.05) is 12.0 Å². The van der Waals surface area contributed by atoms with E-state index in [0.717, 1.165) is 41.9 Å². The number of para-hydroxylation sites is 2. The van der Waals surface area contributed by atoms with Crippen molar-refractivity contribution in [1.29, 1.82) is 0 Å². The molecule has 0 saturated carbocycles. The molecule has 0 aliphatic carbocycles. The molecule has 1 aromatic carbocycles. The number of aromatic nitrogens is 2. The van der Waals surface area contributed by atoms with Gasteiger partial charge in [-0.3, -0.25) is 4.79 Å². The summed E-state index contributed by atoms with van der Waals surface area (Å²) in [6, 6.07) is 7.90. The number of carbonyl (C=O) groups is 1. The Labute approximate surface area is 149 Å². The van der Waals surface area contributed by atoms with Crippen molar-refractivity contribution in [3.05, 3.63) is 30.1 Å². The second kappa shape index (κ2) is 8.06. The van der Waals surface area contributed by atoms with Crippen LogP contribution in [0.25, 0.3) is 11.0 Å². The Balaban J connectivity index is 2.49. The largest absolute Gasteiger partial charge is 0.350 e. The summed E-state index contributed by atoms with van der Waals surface area (Å²) >= 11 is 1.77. The molecule has 1 unspecified atom stereocenters. The van der Waals surface area contributed by atoms with Crippen LogP contribution in [0.5, 0.6) is 0 Å². The van der Waals surface area contributed by atoms with Gasteiger partial charge >= 0.3 is 0 Å². The van der Waals surface area contributed by atoms with Crippen molar-refractivity contribution >= 4 is 28.7 Å². The number of hydrogen-bond donors (Lipinski definition) is 1. The molecular formula is C19H29N3OS. The predicted octanol–water partition coefficient (Wildman–Crippen LogP) is 4.20. The summed E-state index contributed by atoms with van der Waals surface area (Å²) in [5.74, 6) is 2.03. The third-order valence-corrected chi connectivity index (χ3v) is 4.49. The minimum absolute atomic E-state index is 0.0806. The summed E-state index contributed by atoms with van der Waals surface area (Å²) in [5.41, 5.74) is 1.78. The Morgan fingerprint density at radius 1 is 1.33 bits per heavy atom. The molecular weight excluding hydrogens is 318 g/mol. The topological polar surface area (TPSA) is 46.9 Å². The molecule has 2 rings (SSSR count). The smallest absolute Gasteiger partial charge is 0.243 e. The fourth-order valence-electron chi connectivity index (χ4n) is 2.90. The first kappa shape index (κ1) is 18.8. The maximum atomic E-state index is 13.0. The van der Waals surface area contributed by atoms with Crippen molar-refractivity contribution in [3.63, 3.8) is 0 Å². The fourth-order valence-corrected chi connectivity index (χ4v) is 3.36. The van der Waals surface area contributed by atoms with Crippen LogP contribution < -0.4 is 5.32 Å². The molecule has 132 valence electrons. The lowest BCUT2D eigenvalue weighted by Gasteiger charge is -2.27. The highest BCUT2D eigenvalue weighted by Gasteiger charge is 2.27. The number of nitrogens with zero attached hydrogens (tertiary/aromatic N) is 2. The molecule has 24 heavy (non-hydrogen) atoms. The number of imidazole rings is 1. The lowest BCUT2D eigenvalue weighted by molar-refractivity contribution is -0.125. The van der Waals surface area contributed by atoms with E-state index in [9.17, 15) is 4.79 Å². The number of benzene rings is 1. The van der Waals surface area contributed by atoms with Crippen molar-refractivity contribution in [2.24, 2.45) is 0 Å². The first-order chi connectivity index (χ1) is 11.4. The second-order valence-electron chi connectivity index (χ2n) is 7.17. The van der Waals surface area contributed by atoms with Gasteiger partial charge in [-0.15, -0.1) is 0 Å². The van der Waals surface area contributed by atoms with Gasteiger partial charge in [-0.1, -0.05) is 19.1 Å². The number of amides is 1. The van der Waals surface area contributed by atoms with E-state index in [2.05, 4.69) is 29.1 Å². The van der Waals surface area contributed by atoms with Gasteiger partial charge in [-0.2, -0.15) is 11.8 Å². The van der Waals surface area contributed by atoms with Gasteiger partial charge in [0.25, 0.3) is 0 Å². The van der Waals surface area contributed by atoms with E-state index in [4.69, 9.17) is 4.98 Å². The summed E-state index contributed by atoms with van der Waals surface area (Å²) in [6.45, 7) is 8.22. The number of carbonyl (C=O) groups excluding carboxylic acids is 1. The number of thioether (sulfide) groups is 1. The molecule has 1 aromatic heterocycles. The van der Waals surface area contributed by atoms with Gasteiger partial charge in [0.1, 0.15) is 11.9 Å². The van der Waals surface area contributed by atoms with E-state index in [1.807, 2.05) is 39.0 Å². The minimum Gasteiger partial charge on any atom is -0.350 e. The van der Waals surface area contributed by atoms with Gasteiger partial charge in [0.05, 0.1) is 11.0 Å². The number of aryl methyl sites for hydroxylation is 1. The van der Waals surface area contributed by atoms with Gasteiger partial charge in [0.15, 0.2) is 0 Å². The van der Waals surface area contributed by atoms with E-state index >= 15 is 0 Å². The summed E-state index contributed by atoms with van der Waals surface area (Å²) in [4.78, 5) is 17.8. The average Bonchev–Trinajstić information content (AvgIpc) is 2.85. The zero-order valence-electron chi connectivity index (χ0n) is 15.4. The number of nitrogens with one attached hydrogen (secondary N) is 1. The third-order valence-electron chi connectivity index (χ3n) is 3.85. The number of fused-ring (bicyclic) bond motifs is 1. The van der Waals surface area contributed by atoms with E-state index in [-0.39, 0.29) is 17.5 Å². The molecule has 0 spiro atoms. The van der Waals surface area contributed by atoms with Gasteiger partial charge in [-0.25, -0.2) is 4.98 Å². The van der Waals surface area contributed by atoms with Crippen LogP contribution in [-0.4, -0.2) is 33.0 Å². The fraction of sp³-hybridized carbons (Fsp3) is 0.579. The summed E-state index contributed by atoms with van der Waals surface area (Å²) in [7, 11) is 0. The molecule has 0 radical (unpaired) electrons. The second-order valence-corrected chi connectivity index (χ2v) is 8.16. The SMILES string of the molecule is CCCc1nc2ccccc2n1C(CCSC)C(=O)NC(C)(C)C. The highest BCUT2D eigenvalue weighted by Crippen LogP contribution is 2.26. The number of hydrogen-bond acceptors (Lipinski definition) is 3. The van der Waals surface area contributed by atoms with Crippen LogP contribution in [0.2, 0.25) is 0 Å². The third kappa shape index (κ3) is 4.53. The van der Waals surface area contributed by atoms with Crippen molar-refractivity contribution in [2.45, 2.75) is 58.5 Å². The Morgan fingerprint density at radius 2 is 2.04 bits per heavy atom. The summed E-state index contributed by atoms with van der Waals surface area (Å²) in [5, 5.41) is 3.15. The maximum Gasteiger partial charge on any atom is 0.243 e. The van der Waals surface area contributed by atoms with E-state index < -0.39 is 0 Å². The molecule has 0 bridgehead atoms. The summed E-state index contributed by atoms with van der Waals surface area (Å²) in [6.07, 6.45) is 4.78. The zero-order valence-corrected chi connectivity index (χ0v) is 16.2. The molecule has 0 saturated heterocycles. The van der Waals surface area contributed by atoms with Gasteiger partial charge in [0.2, 0.25) is 5.91 Å². The maximum absolute atomic E-state index is 13.0. The molecule has 0 aliphatic rings. The minimum atomic E-state index is -0.240. The van der Waals surface area contributed by atoms with Gasteiger partial charge in [-0.05, 0) is 57.8 Å². The lowest BCUT2D eigenvalue weighted by atomic mass is 10.1. The Bertz CT molecular complexity index is 687. The van der Waals surface area contributed by atoms with E-state index in [1.165, 1.54) is 0 Å². The van der Waals surface area contributed by atoms with Crippen LogP contribution in [0.4, 0.5) is 0 Å². The normalized spacial score (nSPS) is 13.2. The molecule has 5 heteroatoms. The van der Waals surface area contributed by atoms with E-state index in [1.54, 1.807) is 11.8 Å². The predicted molar refractivity (Wildman–Crippen MR) is 104 cm³/mol. The molecule has 1 amide bonds. The van der Waals surface area contributed by atoms with Gasteiger partial charge < -0.3 is 9.88 Å².